The van der Waals surface area contributed by atoms with Crippen molar-refractivity contribution >= 4 is 11.5 Å². The summed E-state index contributed by atoms with van der Waals surface area (Å²) in [5, 5.41) is 0.625. The van der Waals surface area contributed by atoms with Crippen LogP contribution in [0.15, 0.2) is 59.4 Å². The van der Waals surface area contributed by atoms with E-state index in [0.29, 0.717) is 5.01 Å². The van der Waals surface area contributed by atoms with Crippen LogP contribution in [0.25, 0.3) is 0 Å². The van der Waals surface area contributed by atoms with Crippen molar-refractivity contribution in [2.45, 2.75) is 18.6 Å². The molecule has 0 amide bonds. The summed E-state index contributed by atoms with van der Waals surface area (Å²) in [6, 6.07) is 11.1. The Kier molecular flexibility index (Phi) is 5.49. The summed E-state index contributed by atoms with van der Waals surface area (Å²) in [7, 11) is 0. The van der Waals surface area contributed by atoms with Crippen LogP contribution in [-0.2, 0) is 18.6 Å². The van der Waals surface area contributed by atoms with Gasteiger partial charge in [0.1, 0.15) is 5.69 Å². The normalized spacial score (nSPS) is 12.1. The summed E-state index contributed by atoms with van der Waals surface area (Å²) < 4.78 is 69.2. The summed E-state index contributed by atoms with van der Waals surface area (Å²) in [5.74, 6) is 0.477. The molecule has 1 aromatic heterocycles. The Morgan fingerprint density at radius 1 is 0.967 bits per heavy atom. The molecule has 6 nitrogen and oxygen atoms in total. The largest absolute Gasteiger partial charge is 0.416 e. The zero-order valence-corrected chi connectivity index (χ0v) is 15.3. The number of hydrazine groups is 1. The van der Waals surface area contributed by atoms with Gasteiger partial charge in [0, 0.05) is 5.56 Å². The zero-order valence-electron chi connectivity index (χ0n) is 15.3. The maximum Gasteiger partial charge on any atom is 0.416 e. The summed E-state index contributed by atoms with van der Waals surface area (Å²) >= 11 is 0. The molecule has 0 fully saturated rings. The lowest BCUT2D eigenvalue weighted by Crippen LogP contribution is -2.36. The third kappa shape index (κ3) is 4.10. The fourth-order valence-electron chi connectivity index (χ4n) is 2.82. The molecule has 30 heavy (non-hydrogen) atoms. The zero-order chi connectivity index (χ0) is 22.1. The molecule has 11 heteroatoms. The second kappa shape index (κ2) is 7.75. The van der Waals surface area contributed by atoms with E-state index in [1.54, 1.807) is 0 Å². The van der Waals surface area contributed by atoms with Gasteiger partial charge in [0.15, 0.2) is 11.6 Å². The van der Waals surface area contributed by atoms with Crippen LogP contribution in [0.2, 0.25) is 0 Å². The van der Waals surface area contributed by atoms with Crippen LogP contribution < -0.4 is 22.1 Å². The van der Waals surface area contributed by atoms with E-state index in [-0.39, 0.29) is 5.56 Å². The molecule has 0 aliphatic rings. The fourth-order valence-corrected chi connectivity index (χ4v) is 2.82. The maximum atomic E-state index is 14.8. The third-order valence-electron chi connectivity index (χ3n) is 4.30. The number of aromatic amines is 1. The molecule has 0 atom stereocenters. The summed E-state index contributed by atoms with van der Waals surface area (Å²) in [6.45, 7) is -0.577. The fraction of sp³-hybridized carbons (Fsp3) is 0.158. The summed E-state index contributed by atoms with van der Waals surface area (Å²) in [5.41, 5.74) is 2.27. The highest BCUT2D eigenvalue weighted by atomic mass is 19.4. The number of H-pyrrole nitrogens is 1. The number of halogens is 5. The molecule has 3 rings (SSSR count). The number of alkyl halides is 5. The number of aromatic nitrogens is 2. The second-order valence-electron chi connectivity index (χ2n) is 6.38. The third-order valence-corrected chi connectivity index (χ3v) is 4.30. The predicted molar refractivity (Wildman–Crippen MR) is 101 cm³/mol. The topological polar surface area (TPSA) is 101 Å². The van der Waals surface area contributed by atoms with Crippen molar-refractivity contribution in [1.29, 1.82) is 0 Å². The number of benzene rings is 2. The Hall–Kier alpha value is -3.47. The van der Waals surface area contributed by atoms with Crippen molar-refractivity contribution < 1.29 is 22.0 Å². The maximum absolute atomic E-state index is 14.8. The van der Waals surface area contributed by atoms with Gasteiger partial charge in [-0.1, -0.05) is 48.5 Å². The summed E-state index contributed by atoms with van der Waals surface area (Å²) in [4.78, 5) is 17.7. The van der Waals surface area contributed by atoms with Crippen LogP contribution in [0.5, 0.6) is 0 Å². The highest BCUT2D eigenvalue weighted by Crippen LogP contribution is 2.35. The molecule has 2 aromatic carbocycles. The Morgan fingerprint density at radius 3 is 2.20 bits per heavy atom. The first kappa shape index (κ1) is 21.2. The first-order valence-electron chi connectivity index (χ1n) is 8.52. The Balaban J connectivity index is 2.02. The van der Waals surface area contributed by atoms with E-state index in [1.165, 1.54) is 36.4 Å². The molecule has 0 spiro atoms. The molecule has 3 aromatic rings. The summed E-state index contributed by atoms with van der Waals surface area (Å²) in [6.07, 6.45) is -4.66. The van der Waals surface area contributed by atoms with Gasteiger partial charge in [0.2, 0.25) is 0 Å². The molecule has 0 radical (unpaired) electrons. The molecular formula is C19H16F5N5O. The number of nitrogen functional groups attached to an aromatic ring is 1. The van der Waals surface area contributed by atoms with E-state index in [0.717, 1.165) is 18.2 Å². The van der Waals surface area contributed by atoms with E-state index < -0.39 is 52.7 Å². The van der Waals surface area contributed by atoms with Gasteiger partial charge in [0.05, 0.1) is 12.1 Å². The number of nitrogens with two attached hydrogens (primary N) is 2. The lowest BCUT2D eigenvalue weighted by molar-refractivity contribution is -0.138. The minimum absolute atomic E-state index is 0.245. The first-order chi connectivity index (χ1) is 14.0. The monoisotopic (exact) mass is 425 g/mol. The van der Waals surface area contributed by atoms with Crippen LogP contribution in [0, 0.1) is 0 Å². The van der Waals surface area contributed by atoms with Gasteiger partial charge in [-0.15, -0.1) is 0 Å². The van der Waals surface area contributed by atoms with Gasteiger partial charge in [-0.05, 0) is 11.6 Å². The number of nitrogens with one attached hydrogen (secondary N) is 1. The van der Waals surface area contributed by atoms with E-state index in [2.05, 4.69) is 4.98 Å². The molecule has 5 N–H and O–H groups in total. The molecule has 0 saturated heterocycles. The smallest absolute Gasteiger partial charge is 0.391 e. The second-order valence-corrected chi connectivity index (χ2v) is 6.38. The highest BCUT2D eigenvalue weighted by Gasteiger charge is 2.38. The number of hydrogen-bond donors (Lipinski definition) is 3. The van der Waals surface area contributed by atoms with Crippen LogP contribution >= 0.6 is 0 Å². The van der Waals surface area contributed by atoms with E-state index in [1.807, 2.05) is 4.98 Å². The first-order valence-corrected chi connectivity index (χ1v) is 8.52. The van der Waals surface area contributed by atoms with Crippen LogP contribution in [0.3, 0.4) is 0 Å². The SMILES string of the molecule is Nc1c(N(N)Cc2ccccc2C(F)(F)F)nc(C(F)(F)c2ccccc2)[nH]c1=O. The van der Waals surface area contributed by atoms with Gasteiger partial charge in [0.25, 0.3) is 5.56 Å². The van der Waals surface area contributed by atoms with Gasteiger partial charge in [-0.25, -0.2) is 10.8 Å². The number of nitrogens with zero attached hydrogens (tertiary/aromatic N) is 2. The number of rotatable bonds is 5. The highest BCUT2D eigenvalue weighted by molar-refractivity contribution is 5.61. The molecular weight excluding hydrogens is 409 g/mol. The van der Waals surface area contributed by atoms with Crippen LogP contribution in [0.4, 0.5) is 33.5 Å². The van der Waals surface area contributed by atoms with Crippen molar-refractivity contribution in [3.05, 3.63) is 87.5 Å². The lowest BCUT2D eigenvalue weighted by atomic mass is 10.1. The predicted octanol–water partition coefficient (Wildman–Crippen LogP) is 3.39. The average Bonchev–Trinajstić information content (AvgIpc) is 2.70. The number of hydrogen-bond acceptors (Lipinski definition) is 5. The minimum atomic E-state index is -4.66. The molecule has 158 valence electrons. The molecule has 0 bridgehead atoms. The van der Waals surface area contributed by atoms with Crippen molar-refractivity contribution in [2.75, 3.05) is 10.7 Å². The van der Waals surface area contributed by atoms with Gasteiger partial charge in [-0.2, -0.15) is 22.0 Å². The van der Waals surface area contributed by atoms with Crippen molar-refractivity contribution in [3.8, 4) is 0 Å². The lowest BCUT2D eigenvalue weighted by Gasteiger charge is -2.23. The quantitative estimate of drug-likeness (QED) is 0.331. The molecule has 1 heterocycles. The van der Waals surface area contributed by atoms with Crippen molar-refractivity contribution in [3.63, 3.8) is 0 Å². The molecule has 0 aliphatic carbocycles. The van der Waals surface area contributed by atoms with Crippen LogP contribution in [0.1, 0.15) is 22.5 Å². The van der Waals surface area contributed by atoms with E-state index >= 15 is 0 Å². The van der Waals surface area contributed by atoms with Gasteiger partial charge in [-0.3, -0.25) is 9.80 Å². The van der Waals surface area contributed by atoms with Gasteiger partial charge < -0.3 is 10.7 Å². The molecule has 0 saturated carbocycles. The van der Waals surface area contributed by atoms with E-state index in [4.69, 9.17) is 11.6 Å². The van der Waals surface area contributed by atoms with Crippen molar-refractivity contribution in [1.82, 2.24) is 9.97 Å². The van der Waals surface area contributed by atoms with E-state index in [9.17, 15) is 26.7 Å². The molecule has 0 aliphatic heterocycles. The Labute approximate surface area is 166 Å². The average molecular weight is 425 g/mol. The van der Waals surface area contributed by atoms with Crippen LogP contribution in [-0.4, -0.2) is 9.97 Å². The van der Waals surface area contributed by atoms with Crippen molar-refractivity contribution in [2.24, 2.45) is 5.84 Å². The number of anilines is 2. The van der Waals surface area contributed by atoms with Gasteiger partial charge >= 0.3 is 12.1 Å². The Bertz CT molecular complexity index is 1100. The minimum Gasteiger partial charge on any atom is -0.391 e. The standard InChI is InChI=1S/C19H16F5N5O/c20-18(21,12-7-2-1-3-8-12)17-27-15(14(25)16(30)28-17)29(26)10-11-6-4-5-9-13(11)19(22,23)24/h1-9H,10,25-26H2,(H,27,28,30). The molecule has 0 unspecified atom stereocenters. The Morgan fingerprint density at radius 2 is 1.57 bits per heavy atom.